The minimum absolute atomic E-state index is 0.0349. The van der Waals surface area contributed by atoms with Gasteiger partial charge in [0.2, 0.25) is 5.91 Å². The predicted octanol–water partition coefficient (Wildman–Crippen LogP) is 4.31. The fourth-order valence-corrected chi connectivity index (χ4v) is 5.60. The van der Waals surface area contributed by atoms with E-state index in [4.69, 9.17) is 11.6 Å². The quantitative estimate of drug-likeness (QED) is 0.339. The highest BCUT2D eigenvalue weighted by Crippen LogP contribution is 2.35. The lowest BCUT2D eigenvalue weighted by molar-refractivity contribution is -0.139. The van der Waals surface area contributed by atoms with Crippen LogP contribution in [0.3, 0.4) is 0 Å². The second-order valence-electron chi connectivity index (χ2n) is 7.64. The fraction of sp³-hybridized carbons (Fsp3) is 0.261. The Morgan fingerprint density at radius 3 is 2.53 bits per heavy atom. The number of aromatic nitrogens is 1. The van der Waals surface area contributed by atoms with Gasteiger partial charge in [-0.05, 0) is 43.1 Å². The van der Waals surface area contributed by atoms with Crippen molar-refractivity contribution in [2.24, 2.45) is 0 Å². The van der Waals surface area contributed by atoms with Gasteiger partial charge in [0.15, 0.2) is 15.0 Å². The topological polar surface area (TPSA) is 125 Å². The maximum atomic E-state index is 12.4. The van der Waals surface area contributed by atoms with E-state index in [1.807, 2.05) is 6.07 Å². The van der Waals surface area contributed by atoms with Crippen molar-refractivity contribution in [3.63, 3.8) is 0 Å². The molecule has 3 aromatic rings. The van der Waals surface area contributed by atoms with Crippen molar-refractivity contribution in [1.29, 1.82) is 0 Å². The summed E-state index contributed by atoms with van der Waals surface area (Å²) in [5, 5.41) is 15.7. The number of aryl methyl sites for hydroxylation is 1. The van der Waals surface area contributed by atoms with Crippen LogP contribution in [0.15, 0.2) is 53.4 Å². The first kappa shape index (κ1) is 25.8. The van der Waals surface area contributed by atoms with E-state index in [1.165, 1.54) is 23.5 Å². The molecule has 1 atom stereocenters. The highest BCUT2D eigenvalue weighted by atomic mass is 35.5. The predicted molar refractivity (Wildman–Crippen MR) is 133 cm³/mol. The molecule has 0 aliphatic heterocycles. The van der Waals surface area contributed by atoms with Crippen LogP contribution in [-0.4, -0.2) is 43.2 Å². The van der Waals surface area contributed by atoms with Crippen LogP contribution in [0.4, 0.5) is 5.13 Å². The molecule has 2 aromatic carbocycles. The van der Waals surface area contributed by atoms with Gasteiger partial charge in [0, 0.05) is 12.7 Å². The maximum absolute atomic E-state index is 12.4. The molecule has 0 aliphatic rings. The third-order valence-electron chi connectivity index (χ3n) is 4.94. The van der Waals surface area contributed by atoms with Crippen LogP contribution in [0.25, 0.3) is 10.4 Å². The molecule has 1 amide bonds. The number of carboxylic acids is 1. The molecule has 3 rings (SSSR count). The molecule has 34 heavy (non-hydrogen) atoms. The Morgan fingerprint density at radius 1 is 1.18 bits per heavy atom. The molecule has 0 spiro atoms. The van der Waals surface area contributed by atoms with Crippen molar-refractivity contribution in [3.8, 4) is 10.4 Å². The summed E-state index contributed by atoms with van der Waals surface area (Å²) in [4.78, 5) is 29.0. The van der Waals surface area contributed by atoms with E-state index >= 15 is 0 Å². The summed E-state index contributed by atoms with van der Waals surface area (Å²) in [5.41, 5.74) is 1.94. The molecule has 0 unspecified atom stereocenters. The van der Waals surface area contributed by atoms with E-state index < -0.39 is 21.8 Å². The van der Waals surface area contributed by atoms with Crippen LogP contribution in [0.5, 0.6) is 0 Å². The standard InChI is InChI=1S/C23H24ClN3O5S2/c1-14-21(16-10-11-17(24)18(13-16)34(2,31)32)33-23(26-14)27-19(28)9-6-12-25-20(22(29)30)15-7-4-3-5-8-15/h3-5,7-8,10-11,13,20,25H,6,9,12H2,1-2H3,(H,29,30)(H,26,27,28)/t20-/m0/s1. The van der Waals surface area contributed by atoms with E-state index in [-0.39, 0.29) is 22.2 Å². The molecule has 1 heterocycles. The SMILES string of the molecule is Cc1nc(NC(=O)CCCN[C@H](C(=O)O)c2ccccc2)sc1-c1ccc(Cl)c(S(C)(=O)=O)c1. The maximum Gasteiger partial charge on any atom is 0.325 e. The van der Waals surface area contributed by atoms with Crippen LogP contribution in [0.2, 0.25) is 5.02 Å². The lowest BCUT2D eigenvalue weighted by Crippen LogP contribution is -2.29. The van der Waals surface area contributed by atoms with Gasteiger partial charge in [0.25, 0.3) is 0 Å². The molecule has 0 radical (unpaired) electrons. The number of anilines is 1. The van der Waals surface area contributed by atoms with Gasteiger partial charge in [-0.3, -0.25) is 9.59 Å². The summed E-state index contributed by atoms with van der Waals surface area (Å²) in [5.74, 6) is -1.23. The lowest BCUT2D eigenvalue weighted by atomic mass is 10.1. The largest absolute Gasteiger partial charge is 0.480 e. The molecule has 3 N–H and O–H groups in total. The number of rotatable bonds is 10. The van der Waals surface area contributed by atoms with Crippen molar-refractivity contribution in [2.45, 2.75) is 30.7 Å². The monoisotopic (exact) mass is 521 g/mol. The highest BCUT2D eigenvalue weighted by Gasteiger charge is 2.19. The van der Waals surface area contributed by atoms with Crippen LogP contribution >= 0.6 is 22.9 Å². The first-order valence-corrected chi connectivity index (χ1v) is 13.4. The Hall–Kier alpha value is -2.79. The van der Waals surface area contributed by atoms with E-state index in [9.17, 15) is 23.1 Å². The average Bonchev–Trinajstić information content (AvgIpc) is 3.13. The smallest absolute Gasteiger partial charge is 0.325 e. The van der Waals surface area contributed by atoms with Gasteiger partial charge in [0.1, 0.15) is 6.04 Å². The zero-order chi connectivity index (χ0) is 24.9. The summed E-state index contributed by atoms with van der Waals surface area (Å²) >= 11 is 7.27. The van der Waals surface area contributed by atoms with Gasteiger partial charge in [-0.25, -0.2) is 13.4 Å². The molecule has 0 bridgehead atoms. The Labute approximate surface area is 206 Å². The molecular weight excluding hydrogens is 498 g/mol. The number of carbonyl (C=O) groups is 2. The van der Waals surface area contributed by atoms with Crippen LogP contribution < -0.4 is 10.6 Å². The fourth-order valence-electron chi connectivity index (χ4n) is 3.32. The minimum Gasteiger partial charge on any atom is -0.480 e. The Morgan fingerprint density at radius 2 is 1.88 bits per heavy atom. The first-order valence-electron chi connectivity index (χ1n) is 10.3. The summed E-state index contributed by atoms with van der Waals surface area (Å²) in [7, 11) is -3.49. The Kier molecular flexibility index (Phi) is 8.42. The van der Waals surface area contributed by atoms with Gasteiger partial charge >= 0.3 is 5.97 Å². The average molecular weight is 522 g/mol. The van der Waals surface area contributed by atoms with Gasteiger partial charge in [-0.1, -0.05) is 59.3 Å². The summed E-state index contributed by atoms with van der Waals surface area (Å²) in [6.07, 6.45) is 1.71. The van der Waals surface area contributed by atoms with Crippen LogP contribution in [0, 0.1) is 6.92 Å². The summed E-state index contributed by atoms with van der Waals surface area (Å²) in [6.45, 7) is 2.12. The molecular formula is C23H24ClN3O5S2. The number of aliphatic carboxylic acids is 1. The number of carboxylic acid groups (broad SMARTS) is 1. The molecule has 11 heteroatoms. The van der Waals surface area contributed by atoms with Crippen molar-refractivity contribution >= 4 is 49.8 Å². The number of nitrogens with zero attached hydrogens (tertiary/aromatic N) is 1. The summed E-state index contributed by atoms with van der Waals surface area (Å²) < 4.78 is 23.9. The van der Waals surface area contributed by atoms with Crippen molar-refractivity contribution in [3.05, 3.63) is 64.8 Å². The number of amides is 1. The summed E-state index contributed by atoms with van der Waals surface area (Å²) in [6, 6.07) is 12.7. The number of nitrogens with one attached hydrogen (secondary N) is 2. The Balaban J connectivity index is 1.58. The molecule has 0 saturated carbocycles. The van der Waals surface area contributed by atoms with Crippen molar-refractivity contribution in [2.75, 3.05) is 18.1 Å². The third-order valence-corrected chi connectivity index (χ3v) is 7.65. The van der Waals surface area contributed by atoms with Crippen molar-refractivity contribution in [1.82, 2.24) is 10.3 Å². The van der Waals surface area contributed by atoms with Gasteiger partial charge in [-0.2, -0.15) is 0 Å². The minimum atomic E-state index is -3.49. The first-order chi connectivity index (χ1) is 16.1. The normalized spacial score (nSPS) is 12.3. The van der Waals surface area contributed by atoms with E-state index in [1.54, 1.807) is 37.3 Å². The van der Waals surface area contributed by atoms with Gasteiger partial charge in [0.05, 0.1) is 20.5 Å². The highest BCUT2D eigenvalue weighted by molar-refractivity contribution is 7.90. The van der Waals surface area contributed by atoms with E-state index in [2.05, 4.69) is 15.6 Å². The Bertz CT molecular complexity index is 1290. The lowest BCUT2D eigenvalue weighted by Gasteiger charge is -2.14. The number of hydrogen-bond acceptors (Lipinski definition) is 7. The van der Waals surface area contributed by atoms with E-state index in [0.717, 1.165) is 11.1 Å². The molecule has 0 saturated heterocycles. The number of benzene rings is 2. The molecule has 0 fully saturated rings. The van der Waals surface area contributed by atoms with Gasteiger partial charge < -0.3 is 15.7 Å². The number of sulfone groups is 1. The van der Waals surface area contributed by atoms with Crippen molar-refractivity contribution < 1.29 is 23.1 Å². The third kappa shape index (κ3) is 6.63. The zero-order valence-electron chi connectivity index (χ0n) is 18.5. The number of thiazole rings is 1. The number of carbonyl (C=O) groups excluding carboxylic acids is 1. The molecule has 8 nitrogen and oxygen atoms in total. The van der Waals surface area contributed by atoms with E-state index in [0.29, 0.717) is 34.9 Å². The molecule has 1 aromatic heterocycles. The second kappa shape index (κ2) is 11.1. The zero-order valence-corrected chi connectivity index (χ0v) is 20.9. The van der Waals surface area contributed by atoms with Crippen LogP contribution in [0.1, 0.15) is 30.1 Å². The molecule has 180 valence electrons. The number of halogens is 1. The second-order valence-corrected chi connectivity index (χ2v) is 11.0. The number of hydrogen-bond donors (Lipinski definition) is 3. The van der Waals surface area contributed by atoms with Crippen LogP contribution in [-0.2, 0) is 19.4 Å². The van der Waals surface area contributed by atoms with Gasteiger partial charge in [-0.15, -0.1) is 0 Å². The molecule has 0 aliphatic carbocycles.